The van der Waals surface area contributed by atoms with E-state index in [1.165, 1.54) is 18.2 Å². The van der Waals surface area contributed by atoms with Crippen molar-refractivity contribution >= 4 is 23.3 Å². The number of hydrogen-bond donors (Lipinski definition) is 0. The van der Waals surface area contributed by atoms with Crippen LogP contribution in [0, 0.1) is 24.0 Å². The molecule has 0 bridgehead atoms. The number of ether oxygens (including phenoxy) is 2. The average Bonchev–Trinajstić information content (AvgIpc) is 2.49. The molecule has 120 valence electrons. The largest absolute Gasteiger partial charge is 0.475 e. The molecule has 0 fully saturated rings. The zero-order valence-corrected chi connectivity index (χ0v) is 13.3. The lowest BCUT2D eigenvalue weighted by atomic mass is 10.1. The fourth-order valence-corrected chi connectivity index (χ4v) is 2.40. The average molecular weight is 336 g/mol. The maximum atomic E-state index is 11.9. The maximum absolute atomic E-state index is 11.9. The van der Waals surface area contributed by atoms with E-state index in [2.05, 4.69) is 0 Å². The first kappa shape index (κ1) is 16.8. The van der Waals surface area contributed by atoms with Crippen LogP contribution in [0.2, 0.25) is 5.02 Å². The van der Waals surface area contributed by atoms with E-state index >= 15 is 0 Å². The molecule has 0 radical (unpaired) electrons. The molecule has 0 aliphatic carbocycles. The molecule has 7 heteroatoms. The van der Waals surface area contributed by atoms with Gasteiger partial charge >= 0.3 is 11.7 Å². The van der Waals surface area contributed by atoms with Crippen molar-refractivity contribution in [3.8, 4) is 11.5 Å². The monoisotopic (exact) mass is 335 g/mol. The molecule has 0 aliphatic heterocycles. The number of benzene rings is 2. The summed E-state index contributed by atoms with van der Waals surface area (Å²) in [5.41, 5.74) is 1.22. The fraction of sp³-hybridized carbons (Fsp3) is 0.188. The smallest absolute Gasteiger partial charge is 0.349 e. The first-order valence-electron chi connectivity index (χ1n) is 6.72. The molecule has 0 heterocycles. The van der Waals surface area contributed by atoms with Gasteiger partial charge in [0.1, 0.15) is 5.75 Å². The van der Waals surface area contributed by atoms with Crippen molar-refractivity contribution in [2.45, 2.75) is 13.8 Å². The van der Waals surface area contributed by atoms with Crippen LogP contribution in [-0.2, 0) is 4.79 Å². The zero-order chi connectivity index (χ0) is 17.0. The summed E-state index contributed by atoms with van der Waals surface area (Å²) in [5, 5.41) is 11.4. The van der Waals surface area contributed by atoms with Crippen molar-refractivity contribution in [2.24, 2.45) is 0 Å². The summed E-state index contributed by atoms with van der Waals surface area (Å²) in [7, 11) is 0. The lowest BCUT2D eigenvalue weighted by molar-refractivity contribution is -0.385. The zero-order valence-electron chi connectivity index (χ0n) is 12.5. The Bertz CT molecular complexity index is 737. The summed E-state index contributed by atoms with van der Waals surface area (Å²) in [4.78, 5) is 22.2. The molecule has 0 aliphatic rings. The van der Waals surface area contributed by atoms with Gasteiger partial charge in [-0.15, -0.1) is 0 Å². The standard InChI is InChI=1S/C16H14ClNO5/c1-10-7-12(17)8-11(2)16(10)23-15(19)9-22-14-6-4-3-5-13(14)18(20)21/h3-8H,9H2,1-2H3. The quantitative estimate of drug-likeness (QED) is 0.359. The highest BCUT2D eigenvalue weighted by molar-refractivity contribution is 6.30. The Kier molecular flexibility index (Phi) is 5.18. The van der Waals surface area contributed by atoms with E-state index in [0.717, 1.165) is 0 Å². The first-order valence-corrected chi connectivity index (χ1v) is 7.10. The van der Waals surface area contributed by atoms with Crippen LogP contribution in [0.5, 0.6) is 11.5 Å². The Morgan fingerprint density at radius 2 is 1.83 bits per heavy atom. The molecular formula is C16H14ClNO5. The topological polar surface area (TPSA) is 78.7 Å². The van der Waals surface area contributed by atoms with Crippen LogP contribution in [-0.4, -0.2) is 17.5 Å². The summed E-state index contributed by atoms with van der Waals surface area (Å²) in [6.45, 7) is 3.10. The van der Waals surface area contributed by atoms with Crippen molar-refractivity contribution in [1.29, 1.82) is 0 Å². The van der Waals surface area contributed by atoms with E-state index in [1.807, 2.05) is 0 Å². The number of nitro benzene ring substituents is 1. The third-order valence-corrected chi connectivity index (χ3v) is 3.27. The van der Waals surface area contributed by atoms with Crippen LogP contribution in [0.15, 0.2) is 36.4 Å². The Morgan fingerprint density at radius 3 is 2.43 bits per heavy atom. The molecule has 0 saturated heterocycles. The minimum Gasteiger partial charge on any atom is -0.475 e. The van der Waals surface area contributed by atoms with Gasteiger partial charge in [0.05, 0.1) is 4.92 Å². The second-order valence-corrected chi connectivity index (χ2v) is 5.29. The van der Waals surface area contributed by atoms with Gasteiger partial charge in [0.25, 0.3) is 0 Å². The van der Waals surface area contributed by atoms with Gasteiger partial charge in [0.15, 0.2) is 12.4 Å². The van der Waals surface area contributed by atoms with Crippen molar-refractivity contribution in [1.82, 2.24) is 0 Å². The summed E-state index contributed by atoms with van der Waals surface area (Å²) >= 11 is 5.92. The Labute approximate surface area is 137 Å². The summed E-state index contributed by atoms with van der Waals surface area (Å²) < 4.78 is 10.5. The molecule has 0 spiro atoms. The second kappa shape index (κ2) is 7.11. The normalized spacial score (nSPS) is 10.2. The van der Waals surface area contributed by atoms with Gasteiger partial charge in [0.2, 0.25) is 0 Å². The Balaban J connectivity index is 2.06. The highest BCUT2D eigenvalue weighted by atomic mass is 35.5. The number of halogens is 1. The fourth-order valence-electron chi connectivity index (χ4n) is 2.07. The second-order valence-electron chi connectivity index (χ2n) is 4.86. The van der Waals surface area contributed by atoms with Crippen molar-refractivity contribution in [3.63, 3.8) is 0 Å². The van der Waals surface area contributed by atoms with Gasteiger partial charge in [-0.3, -0.25) is 10.1 Å². The minimum atomic E-state index is -0.656. The van der Waals surface area contributed by atoms with Gasteiger partial charge in [0, 0.05) is 11.1 Å². The number of carbonyl (C=O) groups is 1. The predicted molar refractivity (Wildman–Crippen MR) is 85.2 cm³/mol. The van der Waals surface area contributed by atoms with Gasteiger partial charge in [-0.05, 0) is 43.2 Å². The number of aryl methyl sites for hydroxylation is 2. The molecule has 6 nitrogen and oxygen atoms in total. The van der Waals surface area contributed by atoms with E-state index in [-0.39, 0.29) is 11.4 Å². The van der Waals surface area contributed by atoms with E-state index < -0.39 is 17.5 Å². The number of carbonyl (C=O) groups excluding carboxylic acids is 1. The molecule has 0 aromatic heterocycles. The molecule has 2 aromatic rings. The molecular weight excluding hydrogens is 322 g/mol. The summed E-state index contributed by atoms with van der Waals surface area (Å²) in [5.74, 6) is -0.235. The molecule has 0 unspecified atom stereocenters. The summed E-state index contributed by atoms with van der Waals surface area (Å²) in [6.07, 6.45) is 0. The van der Waals surface area contributed by atoms with Gasteiger partial charge in [-0.25, -0.2) is 4.79 Å². The van der Waals surface area contributed by atoms with E-state index in [9.17, 15) is 14.9 Å². The lowest BCUT2D eigenvalue weighted by Crippen LogP contribution is -2.19. The predicted octanol–water partition coefficient (Wildman–Crippen LogP) is 3.85. The number of nitrogens with zero attached hydrogens (tertiary/aromatic N) is 1. The van der Waals surface area contributed by atoms with Crippen molar-refractivity contribution < 1.29 is 19.2 Å². The van der Waals surface area contributed by atoms with E-state index in [1.54, 1.807) is 32.0 Å². The molecule has 2 aromatic carbocycles. The Morgan fingerprint density at radius 1 is 1.22 bits per heavy atom. The van der Waals surface area contributed by atoms with E-state index in [4.69, 9.17) is 21.1 Å². The first-order chi connectivity index (χ1) is 10.9. The highest BCUT2D eigenvalue weighted by Crippen LogP contribution is 2.28. The van der Waals surface area contributed by atoms with E-state index in [0.29, 0.717) is 21.9 Å². The third kappa shape index (κ3) is 4.20. The lowest BCUT2D eigenvalue weighted by Gasteiger charge is -2.11. The van der Waals surface area contributed by atoms with Crippen molar-refractivity contribution in [3.05, 3.63) is 62.7 Å². The van der Waals surface area contributed by atoms with Crippen LogP contribution in [0.3, 0.4) is 0 Å². The third-order valence-electron chi connectivity index (χ3n) is 3.05. The van der Waals surface area contributed by atoms with Gasteiger partial charge in [-0.2, -0.15) is 0 Å². The molecule has 23 heavy (non-hydrogen) atoms. The molecule has 0 saturated carbocycles. The Hall–Kier alpha value is -2.60. The number of nitro groups is 1. The van der Waals surface area contributed by atoms with Crippen molar-refractivity contribution in [2.75, 3.05) is 6.61 Å². The van der Waals surface area contributed by atoms with Gasteiger partial charge < -0.3 is 9.47 Å². The van der Waals surface area contributed by atoms with Crippen LogP contribution < -0.4 is 9.47 Å². The molecule has 0 atom stereocenters. The van der Waals surface area contributed by atoms with Crippen LogP contribution in [0.25, 0.3) is 0 Å². The number of rotatable bonds is 5. The maximum Gasteiger partial charge on any atom is 0.349 e. The summed E-state index contributed by atoms with van der Waals surface area (Å²) in [6, 6.07) is 9.18. The molecule has 0 N–H and O–H groups in total. The number of para-hydroxylation sites is 2. The molecule has 0 amide bonds. The number of hydrogen-bond acceptors (Lipinski definition) is 5. The van der Waals surface area contributed by atoms with Crippen LogP contribution in [0.4, 0.5) is 5.69 Å². The number of esters is 1. The van der Waals surface area contributed by atoms with Gasteiger partial charge in [-0.1, -0.05) is 23.7 Å². The van der Waals surface area contributed by atoms with Crippen LogP contribution >= 0.6 is 11.6 Å². The van der Waals surface area contributed by atoms with Crippen LogP contribution in [0.1, 0.15) is 11.1 Å². The SMILES string of the molecule is Cc1cc(Cl)cc(C)c1OC(=O)COc1ccccc1[N+](=O)[O-]. The minimum absolute atomic E-state index is 0.0130. The highest BCUT2D eigenvalue weighted by Gasteiger charge is 2.16. The molecule has 2 rings (SSSR count).